The van der Waals surface area contributed by atoms with E-state index in [0.29, 0.717) is 5.56 Å². The average molecular weight is 397 g/mol. The first kappa shape index (κ1) is 15.3. The van der Waals surface area contributed by atoms with E-state index in [-0.39, 0.29) is 10.7 Å². The number of para-hydroxylation sites is 1. The van der Waals surface area contributed by atoms with Crippen LogP contribution in [0.1, 0.15) is 33.2 Å². The Hall–Kier alpha value is -1.13. The number of carbonyl (C=O) groups is 1. The van der Waals surface area contributed by atoms with Crippen LogP contribution in [0, 0.1) is 6.92 Å². The predicted molar refractivity (Wildman–Crippen MR) is 90.6 cm³/mol. The van der Waals surface area contributed by atoms with E-state index in [1.165, 1.54) is 0 Å². The molecule has 0 aromatic heterocycles. The topological polar surface area (TPSA) is 29.1 Å². The number of hydrogen-bond acceptors (Lipinski definition) is 1. The molecule has 2 aromatic rings. The van der Waals surface area contributed by atoms with Gasteiger partial charge in [-0.2, -0.15) is 0 Å². The quantitative estimate of drug-likeness (QED) is 0.685. The second-order valence-electron chi connectivity index (χ2n) is 4.62. The number of benzene rings is 2. The molecule has 1 unspecified atom stereocenters. The van der Waals surface area contributed by atoms with Gasteiger partial charge in [0.05, 0.1) is 0 Å². The fourth-order valence-electron chi connectivity index (χ4n) is 1.99. The van der Waals surface area contributed by atoms with Crippen molar-refractivity contribution < 1.29 is 4.79 Å². The number of amides is 1. The molecule has 0 spiro atoms. The van der Waals surface area contributed by atoms with E-state index in [1.807, 2.05) is 56.3 Å². The van der Waals surface area contributed by atoms with Gasteiger partial charge in [0, 0.05) is 20.6 Å². The zero-order chi connectivity index (χ0) is 14.7. The molecule has 0 aliphatic rings. The van der Waals surface area contributed by atoms with Crippen molar-refractivity contribution in [2.45, 2.75) is 18.7 Å². The van der Waals surface area contributed by atoms with E-state index in [2.05, 4.69) is 37.2 Å². The number of anilines is 1. The van der Waals surface area contributed by atoms with E-state index < -0.39 is 0 Å². The normalized spacial score (nSPS) is 12.0. The number of rotatable bonds is 3. The van der Waals surface area contributed by atoms with Gasteiger partial charge in [0.25, 0.3) is 5.91 Å². The minimum Gasteiger partial charge on any atom is -0.322 e. The lowest BCUT2D eigenvalue weighted by atomic mass is 10.1. The third-order valence-corrected chi connectivity index (χ3v) is 4.07. The van der Waals surface area contributed by atoms with Crippen molar-refractivity contribution in [3.63, 3.8) is 0 Å². The Kier molecular flexibility index (Phi) is 5.00. The molecule has 0 saturated carbocycles. The van der Waals surface area contributed by atoms with Crippen LogP contribution in [0.2, 0.25) is 0 Å². The van der Waals surface area contributed by atoms with Crippen LogP contribution in [0.25, 0.3) is 0 Å². The Bertz CT molecular complexity index is 638. The van der Waals surface area contributed by atoms with Crippen LogP contribution in [0.3, 0.4) is 0 Å². The summed E-state index contributed by atoms with van der Waals surface area (Å²) in [7, 11) is 0. The van der Waals surface area contributed by atoms with Gasteiger partial charge in [-0.25, -0.2) is 0 Å². The second-order valence-corrected chi connectivity index (χ2v) is 6.91. The first-order valence-electron chi connectivity index (χ1n) is 6.29. The molecule has 2 rings (SSSR count). The molecule has 0 radical (unpaired) electrons. The number of halogens is 2. The zero-order valence-corrected chi connectivity index (χ0v) is 14.5. The van der Waals surface area contributed by atoms with Crippen LogP contribution in [0.4, 0.5) is 5.69 Å². The lowest BCUT2D eigenvalue weighted by Crippen LogP contribution is -2.14. The summed E-state index contributed by atoms with van der Waals surface area (Å²) in [5.41, 5.74) is 3.53. The minimum absolute atomic E-state index is 0.0931. The van der Waals surface area contributed by atoms with Crippen LogP contribution in [-0.2, 0) is 0 Å². The Morgan fingerprint density at radius 2 is 1.90 bits per heavy atom. The molecule has 104 valence electrons. The van der Waals surface area contributed by atoms with Gasteiger partial charge in [0.1, 0.15) is 0 Å². The smallest absolute Gasteiger partial charge is 0.255 e. The fraction of sp³-hybridized carbons (Fsp3) is 0.188. The van der Waals surface area contributed by atoms with Gasteiger partial charge in [0.15, 0.2) is 0 Å². The van der Waals surface area contributed by atoms with Gasteiger partial charge in [-0.3, -0.25) is 4.79 Å². The van der Waals surface area contributed by atoms with Crippen molar-refractivity contribution in [3.05, 3.63) is 63.6 Å². The summed E-state index contributed by atoms with van der Waals surface area (Å²) in [6.07, 6.45) is 0. The molecule has 1 amide bonds. The highest BCUT2D eigenvalue weighted by Gasteiger charge is 2.13. The summed E-state index contributed by atoms with van der Waals surface area (Å²) >= 11 is 6.95. The van der Waals surface area contributed by atoms with Gasteiger partial charge in [-0.05, 0) is 43.2 Å². The summed E-state index contributed by atoms with van der Waals surface area (Å²) in [6, 6.07) is 13.5. The average Bonchev–Trinajstić information content (AvgIpc) is 2.41. The molecule has 0 saturated heterocycles. The summed E-state index contributed by atoms with van der Waals surface area (Å²) in [4.78, 5) is 12.6. The maximum atomic E-state index is 12.4. The molecule has 2 nitrogen and oxygen atoms in total. The van der Waals surface area contributed by atoms with E-state index in [1.54, 1.807) is 0 Å². The number of hydrogen-bond donors (Lipinski definition) is 1. The predicted octanol–water partition coefficient (Wildman–Crippen LogP) is 5.47. The van der Waals surface area contributed by atoms with Crippen molar-refractivity contribution >= 4 is 43.5 Å². The number of alkyl halides is 1. The molecule has 1 N–H and O–H groups in total. The third-order valence-electron chi connectivity index (χ3n) is 3.08. The number of carbonyl (C=O) groups excluding carboxylic acids is 1. The lowest BCUT2D eigenvalue weighted by molar-refractivity contribution is 0.102. The first-order chi connectivity index (χ1) is 9.49. The molecule has 0 heterocycles. The molecule has 0 bridgehead atoms. The van der Waals surface area contributed by atoms with Gasteiger partial charge >= 0.3 is 0 Å². The standard InChI is InChI=1S/C16H15Br2NO/c1-10-7-8-12(18)9-14(10)16(20)19-15-6-4-3-5-13(15)11(2)17/h3-9,11H,1-2H3,(H,19,20). The van der Waals surface area contributed by atoms with E-state index in [9.17, 15) is 4.79 Å². The van der Waals surface area contributed by atoms with Gasteiger partial charge in [-0.15, -0.1) is 0 Å². The fourth-order valence-corrected chi connectivity index (χ4v) is 2.75. The highest BCUT2D eigenvalue weighted by Crippen LogP contribution is 2.29. The SMILES string of the molecule is Cc1ccc(Br)cc1C(=O)Nc1ccccc1C(C)Br. The van der Waals surface area contributed by atoms with Crippen molar-refractivity contribution in [1.29, 1.82) is 0 Å². The molecule has 0 fully saturated rings. The van der Waals surface area contributed by atoms with Crippen LogP contribution >= 0.6 is 31.9 Å². The second kappa shape index (κ2) is 6.55. The van der Waals surface area contributed by atoms with Crippen molar-refractivity contribution in [3.8, 4) is 0 Å². The van der Waals surface area contributed by atoms with Crippen LogP contribution in [0.5, 0.6) is 0 Å². The summed E-state index contributed by atoms with van der Waals surface area (Å²) < 4.78 is 0.899. The lowest BCUT2D eigenvalue weighted by Gasteiger charge is -2.13. The molecule has 0 aliphatic heterocycles. The van der Waals surface area contributed by atoms with Crippen LogP contribution in [0.15, 0.2) is 46.9 Å². The number of aryl methyl sites for hydroxylation is 1. The Labute approximate surface area is 135 Å². The summed E-state index contributed by atoms with van der Waals surface area (Å²) in [5, 5.41) is 2.99. The molecule has 4 heteroatoms. The van der Waals surface area contributed by atoms with E-state index in [4.69, 9.17) is 0 Å². The van der Waals surface area contributed by atoms with Gasteiger partial charge in [0.2, 0.25) is 0 Å². The highest BCUT2D eigenvalue weighted by molar-refractivity contribution is 9.10. The monoisotopic (exact) mass is 395 g/mol. The molecule has 0 aliphatic carbocycles. The summed E-state index contributed by atoms with van der Waals surface area (Å²) in [5.74, 6) is -0.0931. The molecular weight excluding hydrogens is 382 g/mol. The Balaban J connectivity index is 2.31. The third kappa shape index (κ3) is 3.49. The van der Waals surface area contributed by atoms with Crippen LogP contribution in [-0.4, -0.2) is 5.91 Å². The largest absolute Gasteiger partial charge is 0.322 e. The molecule has 1 atom stereocenters. The molecule has 2 aromatic carbocycles. The van der Waals surface area contributed by atoms with Crippen molar-refractivity contribution in [2.75, 3.05) is 5.32 Å². The summed E-state index contributed by atoms with van der Waals surface area (Å²) in [6.45, 7) is 3.97. The number of nitrogens with one attached hydrogen (secondary N) is 1. The first-order valence-corrected chi connectivity index (χ1v) is 8.00. The van der Waals surface area contributed by atoms with Crippen molar-refractivity contribution in [2.24, 2.45) is 0 Å². The zero-order valence-electron chi connectivity index (χ0n) is 11.3. The highest BCUT2D eigenvalue weighted by atomic mass is 79.9. The minimum atomic E-state index is -0.0931. The Morgan fingerprint density at radius 3 is 2.60 bits per heavy atom. The van der Waals surface area contributed by atoms with Gasteiger partial charge < -0.3 is 5.32 Å². The molecular formula is C16H15Br2NO. The Morgan fingerprint density at radius 1 is 1.20 bits per heavy atom. The van der Waals surface area contributed by atoms with E-state index in [0.717, 1.165) is 21.3 Å². The van der Waals surface area contributed by atoms with Crippen molar-refractivity contribution in [1.82, 2.24) is 0 Å². The van der Waals surface area contributed by atoms with E-state index >= 15 is 0 Å². The molecule has 20 heavy (non-hydrogen) atoms. The maximum absolute atomic E-state index is 12.4. The van der Waals surface area contributed by atoms with Gasteiger partial charge in [-0.1, -0.05) is 56.1 Å². The van der Waals surface area contributed by atoms with Crippen LogP contribution < -0.4 is 5.32 Å². The maximum Gasteiger partial charge on any atom is 0.255 e.